The second-order valence-electron chi connectivity index (χ2n) is 7.70. The van der Waals surface area contributed by atoms with Crippen LogP contribution in [0.1, 0.15) is 38.3 Å². The standard InChI is InChI=1S/C21H33FN4OS/c1-3-23-20(25-16-21(2)8-5-13-28-21)24-15-19(26-9-11-27-12-10-26)17-6-4-7-18(22)14-17/h4,6-7,14,19H,3,5,8-13,15-16H2,1-2H3,(H2,23,24,25). The molecule has 2 aliphatic heterocycles. The summed E-state index contributed by atoms with van der Waals surface area (Å²) in [5, 5.41) is 6.86. The van der Waals surface area contributed by atoms with E-state index in [0.717, 1.165) is 50.9 Å². The molecule has 0 radical (unpaired) electrons. The highest BCUT2D eigenvalue weighted by molar-refractivity contribution is 8.00. The second kappa shape index (κ2) is 10.5. The maximum absolute atomic E-state index is 13.8. The Hall–Kier alpha value is -1.31. The first-order chi connectivity index (χ1) is 13.6. The lowest BCUT2D eigenvalue weighted by Crippen LogP contribution is -2.46. The Morgan fingerprint density at radius 2 is 2.18 bits per heavy atom. The molecule has 156 valence electrons. The molecular formula is C21H33FN4OS. The molecule has 2 fully saturated rings. The van der Waals surface area contributed by atoms with Gasteiger partial charge in [-0.25, -0.2) is 4.39 Å². The van der Waals surface area contributed by atoms with Gasteiger partial charge in [0.15, 0.2) is 5.96 Å². The zero-order chi connectivity index (χ0) is 19.8. The summed E-state index contributed by atoms with van der Waals surface area (Å²) < 4.78 is 19.6. The van der Waals surface area contributed by atoms with Crippen molar-refractivity contribution in [3.8, 4) is 0 Å². The summed E-state index contributed by atoms with van der Waals surface area (Å²) in [5.41, 5.74) is 0.989. The van der Waals surface area contributed by atoms with Crippen molar-refractivity contribution in [1.29, 1.82) is 0 Å². The van der Waals surface area contributed by atoms with E-state index < -0.39 is 0 Å². The highest BCUT2D eigenvalue weighted by Gasteiger charge is 2.29. The van der Waals surface area contributed by atoms with E-state index >= 15 is 0 Å². The van der Waals surface area contributed by atoms with Crippen LogP contribution >= 0.6 is 11.8 Å². The number of guanidine groups is 1. The molecular weight excluding hydrogens is 375 g/mol. The van der Waals surface area contributed by atoms with Gasteiger partial charge in [-0.1, -0.05) is 12.1 Å². The van der Waals surface area contributed by atoms with Crippen LogP contribution in [0, 0.1) is 5.82 Å². The second-order valence-corrected chi connectivity index (χ2v) is 9.38. The SMILES string of the molecule is CCNC(=NCC1(C)CCCS1)NCC(c1cccc(F)c1)N1CCOCC1. The molecule has 0 amide bonds. The van der Waals surface area contributed by atoms with Crippen LogP contribution in [0.15, 0.2) is 29.3 Å². The molecule has 2 heterocycles. The van der Waals surface area contributed by atoms with E-state index in [0.29, 0.717) is 6.54 Å². The van der Waals surface area contributed by atoms with Crippen LogP contribution < -0.4 is 10.6 Å². The average molecular weight is 409 g/mol. The Balaban J connectivity index is 1.69. The molecule has 1 aromatic carbocycles. The highest BCUT2D eigenvalue weighted by Crippen LogP contribution is 2.37. The molecule has 2 saturated heterocycles. The normalized spacial score (nSPS) is 24.9. The summed E-state index contributed by atoms with van der Waals surface area (Å²) in [6.45, 7) is 9.84. The molecule has 0 aliphatic carbocycles. The average Bonchev–Trinajstić information content (AvgIpc) is 3.14. The van der Waals surface area contributed by atoms with Crippen molar-refractivity contribution in [3.05, 3.63) is 35.6 Å². The van der Waals surface area contributed by atoms with Gasteiger partial charge < -0.3 is 15.4 Å². The fourth-order valence-electron chi connectivity index (χ4n) is 3.80. The van der Waals surface area contributed by atoms with E-state index in [1.165, 1.54) is 24.7 Å². The van der Waals surface area contributed by atoms with Gasteiger partial charge in [-0.05, 0) is 50.1 Å². The summed E-state index contributed by atoms with van der Waals surface area (Å²) in [6, 6.07) is 7.02. The predicted octanol–water partition coefficient (Wildman–Crippen LogP) is 3.04. The molecule has 0 aromatic heterocycles. The molecule has 2 N–H and O–H groups in total. The third kappa shape index (κ3) is 6.09. The maximum atomic E-state index is 13.8. The molecule has 5 nitrogen and oxygen atoms in total. The zero-order valence-corrected chi connectivity index (χ0v) is 17.9. The number of halogens is 1. The number of morpholine rings is 1. The minimum atomic E-state index is -0.192. The number of nitrogens with zero attached hydrogens (tertiary/aromatic N) is 2. The minimum absolute atomic E-state index is 0.0832. The molecule has 28 heavy (non-hydrogen) atoms. The number of benzene rings is 1. The van der Waals surface area contributed by atoms with Crippen LogP contribution in [0.5, 0.6) is 0 Å². The Morgan fingerprint density at radius 1 is 1.36 bits per heavy atom. The Labute approximate surface area is 172 Å². The van der Waals surface area contributed by atoms with Crippen molar-refractivity contribution in [2.75, 3.05) is 51.7 Å². The van der Waals surface area contributed by atoms with E-state index in [2.05, 4.69) is 29.4 Å². The van der Waals surface area contributed by atoms with Crippen LogP contribution in [0.2, 0.25) is 0 Å². The molecule has 7 heteroatoms. The lowest BCUT2D eigenvalue weighted by atomic mass is 10.0. The number of thioether (sulfide) groups is 1. The molecule has 2 atom stereocenters. The monoisotopic (exact) mass is 408 g/mol. The van der Waals surface area contributed by atoms with Crippen molar-refractivity contribution in [3.63, 3.8) is 0 Å². The van der Waals surface area contributed by atoms with Gasteiger partial charge in [0, 0.05) is 30.9 Å². The molecule has 1 aromatic rings. The smallest absolute Gasteiger partial charge is 0.191 e. The highest BCUT2D eigenvalue weighted by atomic mass is 32.2. The van der Waals surface area contributed by atoms with Gasteiger partial charge in [0.2, 0.25) is 0 Å². The largest absolute Gasteiger partial charge is 0.379 e. The quantitative estimate of drug-likeness (QED) is 0.536. The van der Waals surface area contributed by atoms with Gasteiger partial charge in [0.05, 0.1) is 25.8 Å². The summed E-state index contributed by atoms with van der Waals surface area (Å²) in [6.07, 6.45) is 2.50. The van der Waals surface area contributed by atoms with Gasteiger partial charge in [0.1, 0.15) is 5.82 Å². The van der Waals surface area contributed by atoms with Crippen molar-refractivity contribution in [1.82, 2.24) is 15.5 Å². The number of ether oxygens (including phenoxy) is 1. The van der Waals surface area contributed by atoms with E-state index in [1.54, 1.807) is 12.1 Å². The number of rotatable bonds is 7. The number of nitrogens with one attached hydrogen (secondary N) is 2. The molecule has 3 rings (SSSR count). The van der Waals surface area contributed by atoms with Crippen molar-refractivity contribution in [2.24, 2.45) is 4.99 Å². The van der Waals surface area contributed by atoms with Gasteiger partial charge in [-0.15, -0.1) is 0 Å². The van der Waals surface area contributed by atoms with Crippen LogP contribution in [-0.2, 0) is 4.74 Å². The minimum Gasteiger partial charge on any atom is -0.379 e. The van der Waals surface area contributed by atoms with Crippen molar-refractivity contribution < 1.29 is 9.13 Å². The van der Waals surface area contributed by atoms with Crippen LogP contribution in [0.25, 0.3) is 0 Å². The number of hydrogen-bond donors (Lipinski definition) is 2. The van der Waals surface area contributed by atoms with Crippen molar-refractivity contribution >= 4 is 17.7 Å². The first kappa shape index (κ1) is 21.4. The Bertz CT molecular complexity index is 645. The van der Waals surface area contributed by atoms with Crippen LogP contribution in [0.4, 0.5) is 4.39 Å². The molecule has 0 spiro atoms. The summed E-state index contributed by atoms with van der Waals surface area (Å²) in [5.74, 6) is 1.88. The summed E-state index contributed by atoms with van der Waals surface area (Å²) >= 11 is 2.02. The van der Waals surface area contributed by atoms with Crippen LogP contribution in [-0.4, -0.2) is 67.3 Å². The van der Waals surface area contributed by atoms with Gasteiger partial charge in [-0.2, -0.15) is 11.8 Å². The maximum Gasteiger partial charge on any atom is 0.191 e. The van der Waals surface area contributed by atoms with E-state index in [-0.39, 0.29) is 16.6 Å². The Kier molecular flexibility index (Phi) is 8.00. The first-order valence-corrected chi connectivity index (χ1v) is 11.3. The number of hydrogen-bond acceptors (Lipinski definition) is 4. The third-order valence-electron chi connectivity index (χ3n) is 5.40. The van der Waals surface area contributed by atoms with Gasteiger partial charge >= 0.3 is 0 Å². The zero-order valence-electron chi connectivity index (χ0n) is 17.0. The van der Waals surface area contributed by atoms with E-state index in [4.69, 9.17) is 9.73 Å². The van der Waals surface area contributed by atoms with Crippen LogP contribution in [0.3, 0.4) is 0 Å². The van der Waals surface area contributed by atoms with E-state index in [1.807, 2.05) is 17.8 Å². The fraction of sp³-hybridized carbons (Fsp3) is 0.667. The molecule has 0 saturated carbocycles. The van der Waals surface area contributed by atoms with Gasteiger partial charge in [0.25, 0.3) is 0 Å². The van der Waals surface area contributed by atoms with Crippen molar-refractivity contribution in [2.45, 2.75) is 37.5 Å². The topological polar surface area (TPSA) is 48.9 Å². The molecule has 0 bridgehead atoms. The Morgan fingerprint density at radius 3 is 2.86 bits per heavy atom. The number of aliphatic imine (C=N–C) groups is 1. The van der Waals surface area contributed by atoms with Gasteiger partial charge in [-0.3, -0.25) is 9.89 Å². The summed E-state index contributed by atoms with van der Waals surface area (Å²) in [4.78, 5) is 7.22. The lowest BCUT2D eigenvalue weighted by Gasteiger charge is -2.35. The third-order valence-corrected chi connectivity index (χ3v) is 6.92. The van der Waals surface area contributed by atoms with E-state index in [9.17, 15) is 4.39 Å². The predicted molar refractivity (Wildman–Crippen MR) is 116 cm³/mol. The molecule has 2 unspecified atom stereocenters. The molecule has 2 aliphatic rings. The fourth-order valence-corrected chi connectivity index (χ4v) is 5.03. The lowest BCUT2D eigenvalue weighted by molar-refractivity contribution is 0.0169. The first-order valence-electron chi connectivity index (χ1n) is 10.3. The summed E-state index contributed by atoms with van der Waals surface area (Å²) in [7, 11) is 0.